The number of rotatable bonds is 4. The van der Waals surface area contributed by atoms with Crippen LogP contribution in [0.4, 0.5) is 5.95 Å². The molecule has 0 unspecified atom stereocenters. The SMILES string of the molecule is CC(C)c1ccc(-n2c(=O)c(C(=O)Nc3nnnn3C)nn(C)c2=O)cc1. The van der Waals surface area contributed by atoms with Crippen molar-refractivity contribution in [3.63, 3.8) is 0 Å². The van der Waals surface area contributed by atoms with E-state index in [4.69, 9.17) is 0 Å². The van der Waals surface area contributed by atoms with Crippen LogP contribution in [0.3, 0.4) is 0 Å². The lowest BCUT2D eigenvalue weighted by Gasteiger charge is -2.11. The Morgan fingerprint density at radius 1 is 1.07 bits per heavy atom. The lowest BCUT2D eigenvalue weighted by Crippen LogP contribution is -2.43. The molecule has 1 amide bonds. The highest BCUT2D eigenvalue weighted by molar-refractivity contribution is 6.01. The second kappa shape index (κ2) is 6.94. The van der Waals surface area contributed by atoms with E-state index in [1.54, 1.807) is 12.1 Å². The van der Waals surface area contributed by atoms with Crippen LogP contribution >= 0.6 is 0 Å². The fraction of sp³-hybridized carbons (Fsp3) is 0.312. The lowest BCUT2D eigenvalue weighted by atomic mass is 10.0. The fourth-order valence-electron chi connectivity index (χ4n) is 2.45. The van der Waals surface area contributed by atoms with Crippen molar-refractivity contribution in [1.82, 2.24) is 34.6 Å². The third-order valence-electron chi connectivity index (χ3n) is 4.00. The zero-order valence-corrected chi connectivity index (χ0v) is 15.2. The molecule has 0 spiro atoms. The Kier molecular flexibility index (Phi) is 4.67. The number of aromatic nitrogens is 7. The Morgan fingerprint density at radius 3 is 2.30 bits per heavy atom. The van der Waals surface area contributed by atoms with Gasteiger partial charge in [0.15, 0.2) is 0 Å². The van der Waals surface area contributed by atoms with E-state index >= 15 is 0 Å². The molecule has 0 aliphatic rings. The molecule has 0 saturated carbocycles. The first-order chi connectivity index (χ1) is 12.8. The van der Waals surface area contributed by atoms with Gasteiger partial charge in [0.05, 0.1) is 5.69 Å². The van der Waals surface area contributed by atoms with Crippen LogP contribution in [-0.2, 0) is 14.1 Å². The van der Waals surface area contributed by atoms with Gasteiger partial charge in [-0.1, -0.05) is 31.1 Å². The van der Waals surface area contributed by atoms with Gasteiger partial charge in [0, 0.05) is 14.1 Å². The Balaban J connectivity index is 2.08. The van der Waals surface area contributed by atoms with Gasteiger partial charge in [0.25, 0.3) is 11.5 Å². The zero-order chi connectivity index (χ0) is 19.7. The van der Waals surface area contributed by atoms with Crippen LogP contribution in [0.5, 0.6) is 0 Å². The number of tetrazole rings is 1. The van der Waals surface area contributed by atoms with Crippen molar-refractivity contribution in [3.8, 4) is 5.69 Å². The van der Waals surface area contributed by atoms with Crippen LogP contribution in [0.25, 0.3) is 5.69 Å². The van der Waals surface area contributed by atoms with E-state index in [1.165, 1.54) is 18.8 Å². The van der Waals surface area contributed by atoms with Crippen LogP contribution < -0.4 is 16.6 Å². The molecule has 1 N–H and O–H groups in total. The Labute approximate surface area is 153 Å². The number of amides is 1. The summed E-state index contributed by atoms with van der Waals surface area (Å²) in [6.07, 6.45) is 0. The van der Waals surface area contributed by atoms with Crippen LogP contribution in [-0.4, -0.2) is 40.5 Å². The average Bonchev–Trinajstić information content (AvgIpc) is 3.03. The maximum absolute atomic E-state index is 12.8. The molecular formula is C16H18N8O3. The summed E-state index contributed by atoms with van der Waals surface area (Å²) in [7, 11) is 2.89. The second-order valence-electron chi connectivity index (χ2n) is 6.22. The molecule has 3 rings (SSSR count). The number of aryl methyl sites for hydroxylation is 2. The average molecular weight is 370 g/mol. The first-order valence-corrected chi connectivity index (χ1v) is 8.14. The van der Waals surface area contributed by atoms with Crippen molar-refractivity contribution in [1.29, 1.82) is 0 Å². The van der Waals surface area contributed by atoms with Gasteiger partial charge in [-0.3, -0.25) is 14.9 Å². The van der Waals surface area contributed by atoms with Gasteiger partial charge in [-0.15, -0.1) is 0 Å². The number of anilines is 1. The minimum atomic E-state index is -0.831. The number of benzene rings is 1. The smallest absolute Gasteiger partial charge is 0.288 e. The molecule has 11 nitrogen and oxygen atoms in total. The van der Waals surface area contributed by atoms with E-state index in [-0.39, 0.29) is 5.95 Å². The summed E-state index contributed by atoms with van der Waals surface area (Å²) < 4.78 is 3.06. The summed E-state index contributed by atoms with van der Waals surface area (Å²) in [6.45, 7) is 4.08. The summed E-state index contributed by atoms with van der Waals surface area (Å²) >= 11 is 0. The summed E-state index contributed by atoms with van der Waals surface area (Å²) in [4.78, 5) is 37.7. The van der Waals surface area contributed by atoms with Crippen LogP contribution in [0.1, 0.15) is 35.8 Å². The van der Waals surface area contributed by atoms with Crippen molar-refractivity contribution >= 4 is 11.9 Å². The standard InChI is InChI=1S/C16H18N8O3/c1-9(2)10-5-7-11(8-6-10)24-14(26)12(19-23(4)16(24)27)13(25)17-15-18-20-21-22(15)3/h5-9H,1-4H3,(H,17,18,21,25). The minimum absolute atomic E-state index is 0.0443. The first-order valence-electron chi connectivity index (χ1n) is 8.14. The van der Waals surface area contributed by atoms with E-state index in [9.17, 15) is 14.4 Å². The molecule has 140 valence electrons. The number of hydrogen-bond acceptors (Lipinski definition) is 7. The van der Waals surface area contributed by atoms with E-state index in [2.05, 4.69) is 25.9 Å². The normalized spacial score (nSPS) is 11.0. The molecular weight excluding hydrogens is 352 g/mol. The van der Waals surface area contributed by atoms with Gasteiger partial charge >= 0.3 is 5.69 Å². The number of carbonyl (C=O) groups is 1. The predicted molar refractivity (Wildman–Crippen MR) is 95.9 cm³/mol. The first kappa shape index (κ1) is 18.2. The molecule has 0 aliphatic carbocycles. The summed E-state index contributed by atoms with van der Waals surface area (Å²) in [5.41, 5.74) is -0.530. The molecule has 0 bridgehead atoms. The van der Waals surface area contributed by atoms with Gasteiger partial charge in [-0.05, 0) is 34.0 Å². The summed E-state index contributed by atoms with van der Waals surface area (Å²) in [6, 6.07) is 6.98. The highest BCUT2D eigenvalue weighted by Crippen LogP contribution is 2.15. The maximum atomic E-state index is 12.8. The Hall–Kier alpha value is -3.63. The highest BCUT2D eigenvalue weighted by Gasteiger charge is 2.21. The Bertz CT molecular complexity index is 1110. The van der Waals surface area contributed by atoms with Crippen molar-refractivity contribution in [3.05, 3.63) is 56.4 Å². The molecule has 0 atom stereocenters. The van der Waals surface area contributed by atoms with E-state index in [0.717, 1.165) is 14.8 Å². The van der Waals surface area contributed by atoms with Crippen molar-refractivity contribution in [2.45, 2.75) is 19.8 Å². The van der Waals surface area contributed by atoms with Crippen molar-refractivity contribution in [2.24, 2.45) is 14.1 Å². The molecule has 0 radical (unpaired) electrons. The predicted octanol–water partition coefficient (Wildman–Crippen LogP) is -0.170. The third kappa shape index (κ3) is 3.38. The summed E-state index contributed by atoms with van der Waals surface area (Å²) in [5.74, 6) is -0.471. The lowest BCUT2D eigenvalue weighted by molar-refractivity contribution is 0.101. The molecule has 2 aromatic heterocycles. The van der Waals surface area contributed by atoms with Gasteiger partial charge in [0.2, 0.25) is 11.6 Å². The molecule has 1 aromatic carbocycles. The monoisotopic (exact) mass is 370 g/mol. The van der Waals surface area contributed by atoms with Gasteiger partial charge in [-0.2, -0.15) is 5.10 Å². The van der Waals surface area contributed by atoms with E-state index < -0.39 is 22.9 Å². The molecule has 3 aromatic rings. The fourth-order valence-corrected chi connectivity index (χ4v) is 2.45. The number of nitrogens with one attached hydrogen (secondary N) is 1. The van der Waals surface area contributed by atoms with Gasteiger partial charge in [0.1, 0.15) is 0 Å². The topological polar surface area (TPSA) is 130 Å². The van der Waals surface area contributed by atoms with Crippen LogP contribution in [0.15, 0.2) is 33.9 Å². The number of hydrogen-bond donors (Lipinski definition) is 1. The number of nitrogens with zero attached hydrogens (tertiary/aromatic N) is 7. The quantitative estimate of drug-likeness (QED) is 0.675. The molecule has 0 fully saturated rings. The molecule has 27 heavy (non-hydrogen) atoms. The zero-order valence-electron chi connectivity index (χ0n) is 15.2. The second-order valence-corrected chi connectivity index (χ2v) is 6.22. The molecule has 2 heterocycles. The van der Waals surface area contributed by atoms with Gasteiger partial charge < -0.3 is 0 Å². The van der Waals surface area contributed by atoms with Crippen molar-refractivity contribution < 1.29 is 4.79 Å². The molecule has 11 heteroatoms. The van der Waals surface area contributed by atoms with E-state index in [0.29, 0.717) is 11.6 Å². The van der Waals surface area contributed by atoms with E-state index in [1.807, 2.05) is 26.0 Å². The maximum Gasteiger partial charge on any atom is 0.351 e. The number of carbonyl (C=O) groups excluding carboxylic acids is 1. The molecule has 0 saturated heterocycles. The Morgan fingerprint density at radius 2 is 1.74 bits per heavy atom. The molecule has 0 aliphatic heterocycles. The van der Waals surface area contributed by atoms with Crippen LogP contribution in [0, 0.1) is 0 Å². The van der Waals surface area contributed by atoms with Crippen LogP contribution in [0.2, 0.25) is 0 Å². The minimum Gasteiger partial charge on any atom is -0.288 e. The third-order valence-corrected chi connectivity index (χ3v) is 4.00. The summed E-state index contributed by atoms with van der Waals surface area (Å²) in [5, 5.41) is 16.8. The highest BCUT2D eigenvalue weighted by atomic mass is 16.2. The van der Waals surface area contributed by atoms with Crippen molar-refractivity contribution in [2.75, 3.05) is 5.32 Å². The largest absolute Gasteiger partial charge is 0.351 e. The van der Waals surface area contributed by atoms with Gasteiger partial charge in [-0.25, -0.2) is 18.7 Å².